The highest BCUT2D eigenvalue weighted by molar-refractivity contribution is 7.89. The summed E-state index contributed by atoms with van der Waals surface area (Å²) in [6.07, 6.45) is 0.984. The van der Waals surface area contributed by atoms with Crippen LogP contribution in [-0.2, 0) is 20.0 Å². The molecule has 0 aliphatic carbocycles. The first kappa shape index (κ1) is 23.8. The molecule has 0 radical (unpaired) electrons. The SMILES string of the molecule is CCS(=O)(=O)N1CCC(NC(=O)N2CCN(S(=O)(=O)c3c(F)cccc3F)CC2)CC1. The van der Waals surface area contributed by atoms with Gasteiger partial charge in [0.1, 0.15) is 11.6 Å². The summed E-state index contributed by atoms with van der Waals surface area (Å²) in [7, 11) is -7.61. The lowest BCUT2D eigenvalue weighted by atomic mass is 10.1. The van der Waals surface area contributed by atoms with E-state index in [4.69, 9.17) is 0 Å². The lowest BCUT2D eigenvalue weighted by Crippen LogP contribution is -2.56. The Morgan fingerprint density at radius 2 is 1.52 bits per heavy atom. The fraction of sp³-hybridized carbons (Fsp3) is 0.611. The van der Waals surface area contributed by atoms with Crippen LogP contribution in [0.15, 0.2) is 23.1 Å². The number of carbonyl (C=O) groups is 1. The summed E-state index contributed by atoms with van der Waals surface area (Å²) in [6.45, 7) is 2.23. The number of sulfonamides is 2. The molecule has 2 aliphatic heterocycles. The van der Waals surface area contributed by atoms with Crippen LogP contribution < -0.4 is 5.32 Å². The molecule has 2 aliphatic rings. The first-order chi connectivity index (χ1) is 14.6. The molecular weight excluding hydrogens is 454 g/mol. The maximum atomic E-state index is 13.9. The second-order valence-electron chi connectivity index (χ2n) is 7.47. The number of amides is 2. The molecule has 0 spiro atoms. The van der Waals surface area contributed by atoms with Crippen LogP contribution in [0, 0.1) is 11.6 Å². The van der Waals surface area contributed by atoms with Crippen LogP contribution in [0.4, 0.5) is 13.6 Å². The van der Waals surface area contributed by atoms with E-state index in [9.17, 15) is 30.4 Å². The Balaban J connectivity index is 1.54. The standard InChI is InChI=1S/C18H26F2N4O5S2/c1-2-30(26,27)23-8-6-14(7-9-23)21-18(25)22-10-12-24(13-11-22)31(28,29)17-15(19)4-3-5-16(17)20/h3-5,14H,2,6-13H2,1H3,(H,21,25). The molecule has 1 N–H and O–H groups in total. The molecule has 2 saturated heterocycles. The van der Waals surface area contributed by atoms with E-state index in [2.05, 4.69) is 5.32 Å². The zero-order valence-corrected chi connectivity index (χ0v) is 18.8. The van der Waals surface area contributed by atoms with Crippen molar-refractivity contribution >= 4 is 26.1 Å². The predicted octanol–water partition coefficient (Wildman–Crippen LogP) is 0.795. The normalized spacial score (nSPS) is 20.0. The Morgan fingerprint density at radius 3 is 2.03 bits per heavy atom. The average molecular weight is 481 g/mol. The Hall–Kier alpha value is -1.83. The molecule has 13 heteroatoms. The molecule has 31 heavy (non-hydrogen) atoms. The Labute approximate surface area is 181 Å². The number of hydrogen-bond acceptors (Lipinski definition) is 5. The van der Waals surface area contributed by atoms with Crippen molar-refractivity contribution in [2.45, 2.75) is 30.7 Å². The third-order valence-corrected chi connectivity index (χ3v) is 9.41. The van der Waals surface area contributed by atoms with Crippen molar-refractivity contribution in [1.82, 2.24) is 18.8 Å². The summed E-state index contributed by atoms with van der Waals surface area (Å²) in [5.41, 5.74) is 0. The number of benzene rings is 1. The van der Waals surface area contributed by atoms with Gasteiger partial charge in [-0.15, -0.1) is 0 Å². The van der Waals surface area contributed by atoms with Crippen LogP contribution >= 0.6 is 0 Å². The third kappa shape index (κ3) is 5.16. The quantitative estimate of drug-likeness (QED) is 0.671. The molecular formula is C18H26F2N4O5S2. The van der Waals surface area contributed by atoms with E-state index in [0.717, 1.165) is 22.5 Å². The monoisotopic (exact) mass is 480 g/mol. The van der Waals surface area contributed by atoms with Gasteiger partial charge in [0.2, 0.25) is 20.0 Å². The molecule has 9 nitrogen and oxygen atoms in total. The smallest absolute Gasteiger partial charge is 0.317 e. The van der Waals surface area contributed by atoms with Crippen LogP contribution in [0.25, 0.3) is 0 Å². The van der Waals surface area contributed by atoms with Crippen molar-refractivity contribution in [3.05, 3.63) is 29.8 Å². The van der Waals surface area contributed by atoms with Crippen LogP contribution in [0.3, 0.4) is 0 Å². The van der Waals surface area contributed by atoms with Crippen molar-refractivity contribution in [2.24, 2.45) is 0 Å². The van der Waals surface area contributed by atoms with Gasteiger partial charge in [0, 0.05) is 45.3 Å². The highest BCUT2D eigenvalue weighted by atomic mass is 32.2. The summed E-state index contributed by atoms with van der Waals surface area (Å²) < 4.78 is 79.3. The summed E-state index contributed by atoms with van der Waals surface area (Å²) in [5.74, 6) is -2.28. The van der Waals surface area contributed by atoms with E-state index in [1.54, 1.807) is 6.92 Å². The molecule has 0 atom stereocenters. The number of hydrogen-bond donors (Lipinski definition) is 1. The van der Waals surface area contributed by atoms with Crippen molar-refractivity contribution in [1.29, 1.82) is 0 Å². The topological polar surface area (TPSA) is 107 Å². The van der Waals surface area contributed by atoms with Crippen LogP contribution in [-0.4, -0.2) is 87.4 Å². The van der Waals surface area contributed by atoms with E-state index in [1.165, 1.54) is 9.21 Å². The van der Waals surface area contributed by atoms with E-state index in [0.29, 0.717) is 25.9 Å². The molecule has 2 amide bonds. The molecule has 3 rings (SSSR count). The summed E-state index contributed by atoms with van der Waals surface area (Å²) in [6, 6.07) is 2.32. The van der Waals surface area contributed by atoms with Crippen LogP contribution in [0.2, 0.25) is 0 Å². The molecule has 0 saturated carbocycles. The summed E-state index contributed by atoms with van der Waals surface area (Å²) >= 11 is 0. The number of piperazine rings is 1. The molecule has 1 aromatic rings. The van der Waals surface area contributed by atoms with Gasteiger partial charge in [-0.05, 0) is 31.9 Å². The average Bonchev–Trinajstić information content (AvgIpc) is 2.74. The second-order valence-corrected chi connectivity index (χ2v) is 11.6. The molecule has 0 bridgehead atoms. The van der Waals surface area contributed by atoms with Crippen LogP contribution in [0.1, 0.15) is 19.8 Å². The Kier molecular flexibility index (Phi) is 7.18. The van der Waals surface area contributed by atoms with Gasteiger partial charge in [-0.2, -0.15) is 4.31 Å². The van der Waals surface area contributed by atoms with Crippen molar-refractivity contribution in [3.63, 3.8) is 0 Å². The fourth-order valence-electron chi connectivity index (χ4n) is 3.72. The van der Waals surface area contributed by atoms with Gasteiger partial charge in [-0.1, -0.05) is 6.07 Å². The lowest BCUT2D eigenvalue weighted by Gasteiger charge is -2.36. The van der Waals surface area contributed by atoms with E-state index < -0.39 is 36.6 Å². The second kappa shape index (κ2) is 9.35. The van der Waals surface area contributed by atoms with Crippen molar-refractivity contribution in [3.8, 4) is 0 Å². The number of carbonyl (C=O) groups excluding carboxylic acids is 1. The minimum absolute atomic E-state index is 0.0357. The summed E-state index contributed by atoms with van der Waals surface area (Å²) in [4.78, 5) is 13.0. The molecule has 0 unspecified atom stereocenters. The zero-order valence-electron chi connectivity index (χ0n) is 17.1. The van der Waals surface area contributed by atoms with Crippen LogP contribution in [0.5, 0.6) is 0 Å². The van der Waals surface area contributed by atoms with Gasteiger partial charge in [-0.25, -0.2) is 34.7 Å². The highest BCUT2D eigenvalue weighted by Gasteiger charge is 2.35. The van der Waals surface area contributed by atoms with E-state index in [-0.39, 0.29) is 44.0 Å². The maximum absolute atomic E-state index is 13.9. The molecule has 1 aromatic carbocycles. The number of nitrogens with zero attached hydrogens (tertiary/aromatic N) is 3. The lowest BCUT2D eigenvalue weighted by molar-refractivity contribution is 0.164. The fourth-order valence-corrected chi connectivity index (χ4v) is 6.38. The number of rotatable bonds is 5. The molecule has 2 fully saturated rings. The number of halogens is 2. The van der Waals surface area contributed by atoms with Gasteiger partial charge < -0.3 is 10.2 Å². The first-order valence-corrected chi connectivity index (χ1v) is 13.1. The number of piperidine rings is 1. The van der Waals surface area contributed by atoms with Gasteiger partial charge in [-0.3, -0.25) is 0 Å². The number of nitrogens with one attached hydrogen (secondary N) is 1. The van der Waals surface area contributed by atoms with Gasteiger partial charge in [0.15, 0.2) is 4.90 Å². The molecule has 0 aromatic heterocycles. The minimum Gasteiger partial charge on any atom is -0.335 e. The summed E-state index contributed by atoms with van der Waals surface area (Å²) in [5, 5.41) is 2.86. The van der Waals surface area contributed by atoms with Gasteiger partial charge in [0.05, 0.1) is 5.75 Å². The Morgan fingerprint density at radius 1 is 0.968 bits per heavy atom. The largest absolute Gasteiger partial charge is 0.335 e. The predicted molar refractivity (Wildman–Crippen MR) is 109 cm³/mol. The zero-order chi connectivity index (χ0) is 22.8. The van der Waals surface area contributed by atoms with Crippen molar-refractivity contribution < 1.29 is 30.4 Å². The van der Waals surface area contributed by atoms with Gasteiger partial charge >= 0.3 is 6.03 Å². The first-order valence-electron chi connectivity index (χ1n) is 10.0. The maximum Gasteiger partial charge on any atom is 0.317 e. The molecule has 2 heterocycles. The number of urea groups is 1. The van der Waals surface area contributed by atoms with Gasteiger partial charge in [0.25, 0.3) is 0 Å². The third-order valence-electron chi connectivity index (χ3n) is 5.58. The van der Waals surface area contributed by atoms with E-state index >= 15 is 0 Å². The Bertz CT molecular complexity index is 999. The molecule has 174 valence electrons. The highest BCUT2D eigenvalue weighted by Crippen LogP contribution is 2.23. The van der Waals surface area contributed by atoms with E-state index in [1.807, 2.05) is 0 Å². The van der Waals surface area contributed by atoms with Crippen molar-refractivity contribution in [2.75, 3.05) is 45.0 Å². The minimum atomic E-state index is -4.36.